The van der Waals surface area contributed by atoms with Crippen LogP contribution in [-0.4, -0.2) is 23.6 Å². The molecule has 0 saturated heterocycles. The molecule has 0 aromatic heterocycles. The largest absolute Gasteiger partial charge is 0.507 e. The van der Waals surface area contributed by atoms with Crippen molar-refractivity contribution in [3.8, 4) is 17.2 Å². The van der Waals surface area contributed by atoms with Crippen molar-refractivity contribution in [1.29, 1.82) is 0 Å². The Bertz CT molecular complexity index is 760. The third-order valence-electron chi connectivity index (χ3n) is 4.30. The van der Waals surface area contributed by atoms with Crippen LogP contribution in [0.4, 0.5) is 0 Å². The quantitative estimate of drug-likeness (QED) is 0.799. The predicted molar refractivity (Wildman–Crippen MR) is 92.0 cm³/mol. The van der Waals surface area contributed by atoms with Crippen LogP contribution in [0.2, 0.25) is 0 Å². The lowest BCUT2D eigenvalue weighted by atomic mass is 9.87. The minimum absolute atomic E-state index is 0.0166. The van der Waals surface area contributed by atoms with E-state index in [1.807, 2.05) is 33.8 Å². The highest BCUT2D eigenvalue weighted by Gasteiger charge is 2.25. The van der Waals surface area contributed by atoms with Crippen molar-refractivity contribution in [2.75, 3.05) is 7.11 Å². The van der Waals surface area contributed by atoms with E-state index in [4.69, 9.17) is 4.74 Å². The number of rotatable bonds is 5. The molecule has 2 rings (SSSR count). The average Bonchev–Trinajstić information content (AvgIpc) is 2.49. The summed E-state index contributed by atoms with van der Waals surface area (Å²) in [5, 5.41) is 22.5. The number of carbonyl (C=O) groups excluding carboxylic acids is 1. The third kappa shape index (κ3) is 2.62. The molecule has 2 N–H and O–H groups in total. The van der Waals surface area contributed by atoms with Crippen molar-refractivity contribution < 1.29 is 19.7 Å². The Morgan fingerprint density at radius 2 is 1.91 bits per heavy atom. The van der Waals surface area contributed by atoms with Gasteiger partial charge < -0.3 is 14.9 Å². The van der Waals surface area contributed by atoms with Gasteiger partial charge in [-0.2, -0.15) is 0 Å². The van der Waals surface area contributed by atoms with Crippen molar-refractivity contribution in [2.24, 2.45) is 0 Å². The molecule has 0 heterocycles. The standard InChI is InChI=1S/C19H24O4/c1-6-7-12-11(4)8-13-15(10(2)3)18(22)19(23-5)14(9-20)16(13)17(12)21/h8-10,21-22H,6-7H2,1-5H3. The number of hydrogen-bond donors (Lipinski definition) is 2. The number of aryl methyl sites for hydroxylation is 1. The first-order valence-corrected chi connectivity index (χ1v) is 7.92. The number of carbonyl (C=O) groups is 1. The topological polar surface area (TPSA) is 66.8 Å². The smallest absolute Gasteiger partial charge is 0.172 e. The Balaban J connectivity index is 3.09. The number of hydrogen-bond acceptors (Lipinski definition) is 4. The number of phenolic OH excluding ortho intramolecular Hbond substituents is 2. The van der Waals surface area contributed by atoms with Crippen molar-refractivity contribution in [1.82, 2.24) is 0 Å². The summed E-state index contributed by atoms with van der Waals surface area (Å²) >= 11 is 0. The molecule has 0 fully saturated rings. The van der Waals surface area contributed by atoms with Crippen LogP contribution < -0.4 is 4.74 Å². The molecule has 0 atom stereocenters. The van der Waals surface area contributed by atoms with E-state index in [9.17, 15) is 15.0 Å². The lowest BCUT2D eigenvalue weighted by Crippen LogP contribution is -2.02. The molecule has 0 aliphatic rings. The molecular formula is C19H24O4. The van der Waals surface area contributed by atoms with E-state index in [0.717, 1.165) is 24.0 Å². The minimum Gasteiger partial charge on any atom is -0.507 e. The van der Waals surface area contributed by atoms with Gasteiger partial charge in [0.25, 0.3) is 0 Å². The van der Waals surface area contributed by atoms with Crippen molar-refractivity contribution in [3.05, 3.63) is 28.3 Å². The fourth-order valence-electron chi connectivity index (χ4n) is 3.29. The molecule has 4 nitrogen and oxygen atoms in total. The van der Waals surface area contributed by atoms with Crippen molar-refractivity contribution in [3.63, 3.8) is 0 Å². The Kier molecular flexibility index (Phi) is 4.83. The molecule has 4 heteroatoms. The normalized spacial score (nSPS) is 11.2. The first-order valence-electron chi connectivity index (χ1n) is 7.92. The van der Waals surface area contributed by atoms with Gasteiger partial charge in [0.15, 0.2) is 17.8 Å². The molecule has 0 amide bonds. The molecule has 0 unspecified atom stereocenters. The second-order valence-electron chi connectivity index (χ2n) is 6.17. The zero-order chi connectivity index (χ0) is 17.3. The summed E-state index contributed by atoms with van der Waals surface area (Å²) in [5.41, 5.74) is 2.67. The molecule has 2 aromatic rings. The second kappa shape index (κ2) is 6.49. The van der Waals surface area contributed by atoms with Crippen LogP contribution in [0.3, 0.4) is 0 Å². The van der Waals surface area contributed by atoms with Gasteiger partial charge in [-0.05, 0) is 35.8 Å². The van der Waals surface area contributed by atoms with Gasteiger partial charge in [-0.15, -0.1) is 0 Å². The van der Waals surface area contributed by atoms with E-state index in [0.29, 0.717) is 22.6 Å². The number of methoxy groups -OCH3 is 1. The lowest BCUT2D eigenvalue weighted by Gasteiger charge is -2.21. The average molecular weight is 316 g/mol. The van der Waals surface area contributed by atoms with Crippen LogP contribution >= 0.6 is 0 Å². The van der Waals surface area contributed by atoms with Gasteiger partial charge in [-0.3, -0.25) is 4.79 Å². The van der Waals surface area contributed by atoms with Gasteiger partial charge >= 0.3 is 0 Å². The third-order valence-corrected chi connectivity index (χ3v) is 4.30. The van der Waals surface area contributed by atoms with Gasteiger partial charge in [0.05, 0.1) is 12.7 Å². The number of aldehydes is 1. The van der Waals surface area contributed by atoms with E-state index in [1.54, 1.807) is 0 Å². The second-order valence-corrected chi connectivity index (χ2v) is 6.17. The SMILES string of the molecule is CCCc1c(C)cc2c(C(C)C)c(O)c(OC)c(C=O)c2c1O. The maximum absolute atomic E-state index is 11.6. The van der Waals surface area contributed by atoms with Crippen LogP contribution in [0.15, 0.2) is 6.07 Å². The van der Waals surface area contributed by atoms with Crippen LogP contribution in [0.5, 0.6) is 17.2 Å². The van der Waals surface area contributed by atoms with Crippen molar-refractivity contribution in [2.45, 2.75) is 46.5 Å². The first kappa shape index (κ1) is 17.1. The zero-order valence-corrected chi connectivity index (χ0v) is 14.4. The maximum Gasteiger partial charge on any atom is 0.172 e. The van der Waals surface area contributed by atoms with E-state index < -0.39 is 0 Å². The fraction of sp³-hybridized carbons (Fsp3) is 0.421. The van der Waals surface area contributed by atoms with Gasteiger partial charge in [0.2, 0.25) is 0 Å². The summed E-state index contributed by atoms with van der Waals surface area (Å²) in [6.45, 7) is 7.90. The molecule has 0 saturated carbocycles. The van der Waals surface area contributed by atoms with Gasteiger partial charge in [0, 0.05) is 10.9 Å². The molecule has 0 aliphatic carbocycles. The Morgan fingerprint density at radius 3 is 2.39 bits per heavy atom. The molecule has 2 aromatic carbocycles. The summed E-state index contributed by atoms with van der Waals surface area (Å²) in [6.07, 6.45) is 2.25. The Hall–Kier alpha value is -2.23. The van der Waals surface area contributed by atoms with E-state index >= 15 is 0 Å². The van der Waals surface area contributed by atoms with Crippen molar-refractivity contribution >= 4 is 17.1 Å². The molecule has 0 radical (unpaired) electrons. The van der Waals surface area contributed by atoms with Crippen LogP contribution in [0.1, 0.15) is 60.2 Å². The first-order chi connectivity index (χ1) is 10.9. The number of benzene rings is 2. The number of ether oxygens (including phenoxy) is 1. The van der Waals surface area contributed by atoms with Gasteiger partial charge in [-0.1, -0.05) is 33.3 Å². The molecule has 0 bridgehead atoms. The van der Waals surface area contributed by atoms with Crippen LogP contribution in [0, 0.1) is 6.92 Å². The number of phenols is 2. The summed E-state index contributed by atoms with van der Waals surface area (Å²) in [6, 6.07) is 1.95. The van der Waals surface area contributed by atoms with E-state index in [2.05, 4.69) is 0 Å². The lowest BCUT2D eigenvalue weighted by molar-refractivity contribution is 0.112. The predicted octanol–water partition coefficient (Wildman–Crippen LogP) is 4.46. The van der Waals surface area contributed by atoms with Gasteiger partial charge in [0.1, 0.15) is 5.75 Å². The zero-order valence-electron chi connectivity index (χ0n) is 14.4. The molecular weight excluding hydrogens is 292 g/mol. The highest BCUT2D eigenvalue weighted by atomic mass is 16.5. The molecule has 0 aliphatic heterocycles. The number of aromatic hydroxyl groups is 2. The summed E-state index contributed by atoms with van der Waals surface area (Å²) in [7, 11) is 1.41. The highest BCUT2D eigenvalue weighted by molar-refractivity contribution is 6.08. The highest BCUT2D eigenvalue weighted by Crippen LogP contribution is 2.47. The number of fused-ring (bicyclic) bond motifs is 1. The summed E-state index contributed by atoms with van der Waals surface area (Å²) in [5.74, 6) is 0.226. The molecule has 124 valence electrons. The van der Waals surface area contributed by atoms with E-state index in [1.165, 1.54) is 7.11 Å². The minimum atomic E-state index is -0.0286. The van der Waals surface area contributed by atoms with E-state index in [-0.39, 0.29) is 28.7 Å². The van der Waals surface area contributed by atoms with Gasteiger partial charge in [-0.25, -0.2) is 0 Å². The molecule has 23 heavy (non-hydrogen) atoms. The fourth-order valence-corrected chi connectivity index (χ4v) is 3.29. The molecule has 0 spiro atoms. The van der Waals surface area contributed by atoms with Crippen LogP contribution in [-0.2, 0) is 6.42 Å². The maximum atomic E-state index is 11.6. The summed E-state index contributed by atoms with van der Waals surface area (Å²) < 4.78 is 5.26. The Labute approximate surface area is 136 Å². The Morgan fingerprint density at radius 1 is 1.26 bits per heavy atom. The summed E-state index contributed by atoms with van der Waals surface area (Å²) in [4.78, 5) is 11.6. The monoisotopic (exact) mass is 316 g/mol. The van der Waals surface area contributed by atoms with Crippen LogP contribution in [0.25, 0.3) is 10.8 Å².